The van der Waals surface area contributed by atoms with Gasteiger partial charge < -0.3 is 14.8 Å². The van der Waals surface area contributed by atoms with Crippen molar-refractivity contribution in [2.45, 2.75) is 38.4 Å². The number of halogens is 3. The van der Waals surface area contributed by atoms with E-state index >= 15 is 0 Å². The molecule has 0 saturated heterocycles. The highest BCUT2D eigenvalue weighted by molar-refractivity contribution is 6.01. The molecule has 6 nitrogen and oxygen atoms in total. The fraction of sp³-hybridized carbons (Fsp3) is 0.316. The zero-order valence-electron chi connectivity index (χ0n) is 14.9. The van der Waals surface area contributed by atoms with Crippen molar-refractivity contribution in [3.05, 3.63) is 58.9 Å². The van der Waals surface area contributed by atoms with Crippen LogP contribution in [0.25, 0.3) is 11.3 Å². The van der Waals surface area contributed by atoms with E-state index in [1.807, 2.05) is 0 Å². The number of nitrogens with zero attached hydrogens (tertiary/aromatic N) is 2. The Morgan fingerprint density at radius 2 is 2.04 bits per heavy atom. The molecule has 1 amide bonds. The fourth-order valence-corrected chi connectivity index (χ4v) is 3.44. The SMILES string of the molecule is Cc1onc(-c2ccc(C(F)(F)F)cc2)c1C(=O)NC1CCc2nc[nH]c2C1. The summed E-state index contributed by atoms with van der Waals surface area (Å²) in [6.07, 6.45) is -0.630. The molecule has 0 radical (unpaired) electrons. The lowest BCUT2D eigenvalue weighted by molar-refractivity contribution is -0.137. The summed E-state index contributed by atoms with van der Waals surface area (Å²) < 4.78 is 43.5. The van der Waals surface area contributed by atoms with Crippen molar-refractivity contribution in [1.82, 2.24) is 20.4 Å². The van der Waals surface area contributed by atoms with E-state index < -0.39 is 11.7 Å². The second-order valence-corrected chi connectivity index (χ2v) is 6.78. The van der Waals surface area contributed by atoms with E-state index in [1.54, 1.807) is 13.3 Å². The number of amides is 1. The minimum absolute atomic E-state index is 0.0739. The lowest BCUT2D eigenvalue weighted by atomic mass is 9.95. The zero-order chi connectivity index (χ0) is 19.9. The van der Waals surface area contributed by atoms with Crippen LogP contribution in [0.15, 0.2) is 35.1 Å². The Bertz CT molecular complexity index is 1010. The molecule has 0 aliphatic heterocycles. The average Bonchev–Trinajstić information content (AvgIpc) is 3.27. The quantitative estimate of drug-likeness (QED) is 0.715. The predicted molar refractivity (Wildman–Crippen MR) is 93.5 cm³/mol. The summed E-state index contributed by atoms with van der Waals surface area (Å²) >= 11 is 0. The van der Waals surface area contributed by atoms with Crippen LogP contribution in [0.1, 0.15) is 39.5 Å². The number of nitrogens with one attached hydrogen (secondary N) is 2. The number of alkyl halides is 3. The van der Waals surface area contributed by atoms with Crippen LogP contribution in [-0.2, 0) is 19.0 Å². The van der Waals surface area contributed by atoms with Crippen molar-refractivity contribution in [2.24, 2.45) is 0 Å². The van der Waals surface area contributed by atoms with E-state index in [4.69, 9.17) is 4.52 Å². The molecule has 0 saturated carbocycles. The van der Waals surface area contributed by atoms with Crippen LogP contribution in [0.3, 0.4) is 0 Å². The lowest BCUT2D eigenvalue weighted by Crippen LogP contribution is -2.39. The van der Waals surface area contributed by atoms with Crippen LogP contribution in [0, 0.1) is 6.92 Å². The van der Waals surface area contributed by atoms with E-state index in [0.717, 1.165) is 36.4 Å². The number of hydrogen-bond donors (Lipinski definition) is 2. The number of aromatic amines is 1. The Labute approximate surface area is 158 Å². The maximum Gasteiger partial charge on any atom is 0.416 e. The number of hydrogen-bond acceptors (Lipinski definition) is 4. The highest BCUT2D eigenvalue weighted by Crippen LogP contribution is 2.32. The van der Waals surface area contributed by atoms with Crippen molar-refractivity contribution < 1.29 is 22.5 Å². The van der Waals surface area contributed by atoms with Crippen LogP contribution in [-0.4, -0.2) is 27.1 Å². The van der Waals surface area contributed by atoms with Gasteiger partial charge in [-0.3, -0.25) is 4.79 Å². The van der Waals surface area contributed by atoms with Gasteiger partial charge in [0.1, 0.15) is 17.0 Å². The zero-order valence-corrected chi connectivity index (χ0v) is 14.9. The van der Waals surface area contributed by atoms with E-state index in [9.17, 15) is 18.0 Å². The first-order chi connectivity index (χ1) is 13.3. The summed E-state index contributed by atoms with van der Waals surface area (Å²) in [5.74, 6) is -0.0490. The van der Waals surface area contributed by atoms with Crippen LogP contribution in [0.5, 0.6) is 0 Å². The van der Waals surface area contributed by atoms with Crippen molar-refractivity contribution in [1.29, 1.82) is 0 Å². The van der Waals surface area contributed by atoms with Gasteiger partial charge in [-0.15, -0.1) is 0 Å². The molecule has 2 heterocycles. The first kappa shape index (κ1) is 18.3. The van der Waals surface area contributed by atoms with Crippen LogP contribution in [0.4, 0.5) is 13.2 Å². The third-order valence-corrected chi connectivity index (χ3v) is 4.90. The van der Waals surface area contributed by atoms with Gasteiger partial charge in [0.25, 0.3) is 5.91 Å². The molecule has 1 atom stereocenters. The first-order valence-corrected chi connectivity index (χ1v) is 8.79. The molecular weight excluding hydrogens is 373 g/mol. The second-order valence-electron chi connectivity index (χ2n) is 6.78. The van der Waals surface area contributed by atoms with Crippen LogP contribution >= 0.6 is 0 Å². The van der Waals surface area contributed by atoms with Gasteiger partial charge in [-0.05, 0) is 31.9 Å². The van der Waals surface area contributed by atoms with Gasteiger partial charge in [0.2, 0.25) is 0 Å². The summed E-state index contributed by atoms with van der Waals surface area (Å²) in [6.45, 7) is 1.60. The van der Waals surface area contributed by atoms with Crippen LogP contribution in [0.2, 0.25) is 0 Å². The maximum absolute atomic E-state index is 12.8. The molecule has 0 bridgehead atoms. The number of carbonyl (C=O) groups is 1. The van der Waals surface area contributed by atoms with Gasteiger partial charge in [0, 0.05) is 23.7 Å². The van der Waals surface area contributed by atoms with Crippen molar-refractivity contribution in [3.8, 4) is 11.3 Å². The molecule has 1 aromatic carbocycles. The highest BCUT2D eigenvalue weighted by atomic mass is 19.4. The Hall–Kier alpha value is -3.10. The molecule has 2 N–H and O–H groups in total. The summed E-state index contributed by atoms with van der Waals surface area (Å²) in [4.78, 5) is 20.2. The molecule has 4 rings (SSSR count). The molecule has 1 aliphatic carbocycles. The van der Waals surface area contributed by atoms with Crippen molar-refractivity contribution in [3.63, 3.8) is 0 Å². The number of H-pyrrole nitrogens is 1. The van der Waals surface area contributed by atoms with Gasteiger partial charge in [-0.1, -0.05) is 17.3 Å². The third kappa shape index (κ3) is 3.39. The van der Waals surface area contributed by atoms with E-state index in [1.165, 1.54) is 12.1 Å². The maximum atomic E-state index is 12.8. The largest absolute Gasteiger partial charge is 0.416 e. The Kier molecular flexibility index (Phi) is 4.44. The number of aryl methyl sites for hydroxylation is 2. The second kappa shape index (κ2) is 6.81. The Morgan fingerprint density at radius 1 is 1.29 bits per heavy atom. The smallest absolute Gasteiger partial charge is 0.360 e. The number of rotatable bonds is 3. The standard InChI is InChI=1S/C19H17F3N4O2/c1-10-16(18(27)25-13-6-7-14-15(8-13)24-9-23-14)17(26-28-10)11-2-4-12(5-3-11)19(20,21)22/h2-5,9,13H,6-8H2,1H3,(H,23,24)(H,25,27). The van der Waals surface area contributed by atoms with Gasteiger partial charge in [0.15, 0.2) is 0 Å². The van der Waals surface area contributed by atoms with E-state index in [-0.39, 0.29) is 23.2 Å². The van der Waals surface area contributed by atoms with Gasteiger partial charge in [-0.2, -0.15) is 13.2 Å². The number of imidazole rings is 1. The fourth-order valence-electron chi connectivity index (χ4n) is 3.44. The first-order valence-electron chi connectivity index (χ1n) is 8.79. The van der Waals surface area contributed by atoms with Crippen molar-refractivity contribution >= 4 is 5.91 Å². The molecule has 2 aromatic heterocycles. The summed E-state index contributed by atoms with van der Waals surface area (Å²) in [7, 11) is 0. The Morgan fingerprint density at radius 3 is 2.75 bits per heavy atom. The molecule has 9 heteroatoms. The molecule has 0 fully saturated rings. The molecule has 28 heavy (non-hydrogen) atoms. The molecule has 3 aromatic rings. The number of aromatic nitrogens is 3. The number of carbonyl (C=O) groups excluding carboxylic acids is 1. The lowest BCUT2D eigenvalue weighted by Gasteiger charge is -2.22. The number of fused-ring (bicyclic) bond motifs is 1. The minimum atomic E-state index is -4.43. The minimum Gasteiger partial charge on any atom is -0.360 e. The average molecular weight is 390 g/mol. The van der Waals surface area contributed by atoms with E-state index in [0.29, 0.717) is 17.7 Å². The topological polar surface area (TPSA) is 83.8 Å². The van der Waals surface area contributed by atoms with E-state index in [2.05, 4.69) is 20.4 Å². The monoisotopic (exact) mass is 390 g/mol. The van der Waals surface area contributed by atoms with Crippen molar-refractivity contribution in [2.75, 3.05) is 0 Å². The summed E-state index contributed by atoms with van der Waals surface area (Å²) in [6, 6.07) is 4.42. The third-order valence-electron chi connectivity index (χ3n) is 4.90. The summed E-state index contributed by atoms with van der Waals surface area (Å²) in [5, 5.41) is 6.86. The highest BCUT2D eigenvalue weighted by Gasteiger charge is 2.31. The number of benzene rings is 1. The summed E-state index contributed by atoms with van der Waals surface area (Å²) in [5.41, 5.74) is 2.09. The molecule has 1 aliphatic rings. The predicted octanol–water partition coefficient (Wildman–Crippen LogP) is 3.68. The van der Waals surface area contributed by atoms with Crippen LogP contribution < -0.4 is 5.32 Å². The van der Waals surface area contributed by atoms with Gasteiger partial charge in [-0.25, -0.2) is 4.98 Å². The molecule has 146 valence electrons. The van der Waals surface area contributed by atoms with Gasteiger partial charge in [0.05, 0.1) is 17.6 Å². The molecule has 1 unspecified atom stereocenters. The normalized spacial score (nSPS) is 16.6. The van der Waals surface area contributed by atoms with Gasteiger partial charge >= 0.3 is 6.18 Å². The molecular formula is C19H17F3N4O2. The Balaban J connectivity index is 1.56. The molecule has 0 spiro atoms.